The number of rotatable bonds is 2. The first-order valence-corrected chi connectivity index (χ1v) is 7.90. The van der Waals surface area contributed by atoms with Gasteiger partial charge in [-0.1, -0.05) is 48.5 Å². The number of hydrogen-bond donors (Lipinski definition) is 1. The molecule has 0 radical (unpaired) electrons. The summed E-state index contributed by atoms with van der Waals surface area (Å²) >= 11 is 1.49. The first-order valence-electron chi connectivity index (χ1n) is 7.02. The average Bonchev–Trinajstić information content (AvgIpc) is 3.19. The first-order chi connectivity index (χ1) is 10.9. The van der Waals surface area contributed by atoms with E-state index in [4.69, 9.17) is 0 Å². The van der Waals surface area contributed by atoms with Crippen molar-refractivity contribution in [3.8, 4) is 28.5 Å². The number of fused-ring (bicyclic) bond motifs is 1. The zero-order chi connectivity index (χ0) is 14.9. The van der Waals surface area contributed by atoms with Crippen LogP contribution in [0.3, 0.4) is 0 Å². The predicted molar refractivity (Wildman–Crippen MR) is 91.8 cm³/mol. The van der Waals surface area contributed by atoms with Crippen LogP contribution in [0.25, 0.3) is 33.3 Å². The monoisotopic (exact) mass is 300 g/mol. The minimum Gasteiger partial charge on any atom is -0.354 e. The van der Waals surface area contributed by atoms with Crippen molar-refractivity contribution in [2.45, 2.75) is 0 Å². The number of aromatic nitrogens is 1. The number of nitriles is 1. The van der Waals surface area contributed by atoms with Gasteiger partial charge in [-0.05, 0) is 23.1 Å². The quantitative estimate of drug-likeness (QED) is 0.526. The highest BCUT2D eigenvalue weighted by atomic mass is 32.1. The molecule has 0 aliphatic heterocycles. The smallest absolute Gasteiger partial charge is 0.112 e. The number of thiophene rings is 1. The van der Waals surface area contributed by atoms with Gasteiger partial charge in [-0.3, -0.25) is 0 Å². The minimum absolute atomic E-state index is 0.752. The number of H-pyrrole nitrogens is 1. The van der Waals surface area contributed by atoms with Crippen LogP contribution in [0.1, 0.15) is 4.88 Å². The standard InChI is InChI=1S/C19H12N2S/c20-12-17-15(10-11-22-17)18-14-8-4-5-9-16(14)21-19(18)13-6-2-1-3-7-13/h1-11,21H. The predicted octanol–water partition coefficient (Wildman–Crippen LogP) is 5.44. The van der Waals surface area contributed by atoms with E-state index in [0.29, 0.717) is 0 Å². The van der Waals surface area contributed by atoms with Crippen LogP contribution in [0.2, 0.25) is 0 Å². The number of nitrogens with zero attached hydrogens (tertiary/aromatic N) is 1. The maximum absolute atomic E-state index is 9.39. The maximum Gasteiger partial charge on any atom is 0.112 e. The Morgan fingerprint density at radius 1 is 0.909 bits per heavy atom. The molecule has 3 heteroatoms. The van der Waals surface area contributed by atoms with Gasteiger partial charge in [-0.15, -0.1) is 11.3 Å². The topological polar surface area (TPSA) is 39.6 Å². The molecule has 0 aliphatic rings. The van der Waals surface area contributed by atoms with E-state index >= 15 is 0 Å². The molecule has 0 spiro atoms. The van der Waals surface area contributed by atoms with Gasteiger partial charge in [0.2, 0.25) is 0 Å². The van der Waals surface area contributed by atoms with Crippen LogP contribution in [0.4, 0.5) is 0 Å². The Morgan fingerprint density at radius 2 is 1.68 bits per heavy atom. The fourth-order valence-corrected chi connectivity index (χ4v) is 3.53. The van der Waals surface area contributed by atoms with Crippen molar-refractivity contribution < 1.29 is 0 Å². The third-order valence-corrected chi connectivity index (χ3v) is 4.62. The number of para-hydroxylation sites is 1. The molecular weight excluding hydrogens is 288 g/mol. The van der Waals surface area contributed by atoms with Crippen molar-refractivity contribution in [1.82, 2.24) is 4.98 Å². The van der Waals surface area contributed by atoms with Crippen LogP contribution < -0.4 is 0 Å². The van der Waals surface area contributed by atoms with Crippen molar-refractivity contribution >= 4 is 22.2 Å². The van der Waals surface area contributed by atoms with Gasteiger partial charge in [0.05, 0.1) is 5.69 Å². The maximum atomic E-state index is 9.39. The highest BCUT2D eigenvalue weighted by Gasteiger charge is 2.17. The van der Waals surface area contributed by atoms with Gasteiger partial charge in [-0.25, -0.2) is 0 Å². The molecule has 22 heavy (non-hydrogen) atoms. The van der Waals surface area contributed by atoms with E-state index in [1.165, 1.54) is 11.3 Å². The van der Waals surface area contributed by atoms with E-state index in [1.54, 1.807) is 0 Å². The molecule has 4 aromatic rings. The second-order valence-electron chi connectivity index (χ2n) is 5.06. The lowest BCUT2D eigenvalue weighted by Crippen LogP contribution is -1.82. The Labute approximate surface area is 132 Å². The van der Waals surface area contributed by atoms with Gasteiger partial charge in [0, 0.05) is 22.0 Å². The van der Waals surface area contributed by atoms with Crippen LogP contribution in [-0.4, -0.2) is 4.98 Å². The molecule has 4 rings (SSSR count). The van der Waals surface area contributed by atoms with Crippen LogP contribution in [0, 0.1) is 11.3 Å². The summed E-state index contributed by atoms with van der Waals surface area (Å²) in [5, 5.41) is 12.5. The lowest BCUT2D eigenvalue weighted by Gasteiger charge is -2.04. The molecule has 0 saturated carbocycles. The summed E-state index contributed by atoms with van der Waals surface area (Å²) in [6.07, 6.45) is 0. The molecular formula is C19H12N2S. The van der Waals surface area contributed by atoms with E-state index in [2.05, 4.69) is 35.3 Å². The minimum atomic E-state index is 0.752. The number of benzene rings is 2. The molecule has 0 amide bonds. The summed E-state index contributed by atoms with van der Waals surface area (Å²) in [6, 6.07) is 22.8. The van der Waals surface area contributed by atoms with E-state index in [9.17, 15) is 5.26 Å². The van der Waals surface area contributed by atoms with Crippen LogP contribution in [0.5, 0.6) is 0 Å². The molecule has 0 bridgehead atoms. The second-order valence-corrected chi connectivity index (χ2v) is 5.98. The molecule has 0 saturated heterocycles. The highest BCUT2D eigenvalue weighted by Crippen LogP contribution is 2.40. The van der Waals surface area contributed by atoms with Crippen molar-refractivity contribution in [3.05, 3.63) is 70.9 Å². The van der Waals surface area contributed by atoms with Crippen molar-refractivity contribution in [3.63, 3.8) is 0 Å². The zero-order valence-electron chi connectivity index (χ0n) is 11.7. The molecule has 0 atom stereocenters. The van der Waals surface area contributed by atoms with Gasteiger partial charge in [-0.2, -0.15) is 5.26 Å². The van der Waals surface area contributed by atoms with E-state index in [1.807, 2.05) is 41.8 Å². The zero-order valence-corrected chi connectivity index (χ0v) is 12.5. The SMILES string of the molecule is N#Cc1sccc1-c1c(-c2ccccc2)[nH]c2ccccc12. The number of hydrogen-bond acceptors (Lipinski definition) is 2. The lowest BCUT2D eigenvalue weighted by atomic mass is 9.99. The van der Waals surface area contributed by atoms with Gasteiger partial charge < -0.3 is 4.98 Å². The Morgan fingerprint density at radius 3 is 2.50 bits per heavy atom. The van der Waals surface area contributed by atoms with Crippen LogP contribution in [-0.2, 0) is 0 Å². The average molecular weight is 300 g/mol. The summed E-state index contributed by atoms with van der Waals surface area (Å²) in [7, 11) is 0. The molecule has 0 aliphatic carbocycles. The molecule has 2 aromatic carbocycles. The Kier molecular flexibility index (Phi) is 3.03. The molecule has 2 heterocycles. The lowest BCUT2D eigenvalue weighted by molar-refractivity contribution is 1.45. The van der Waals surface area contributed by atoms with Gasteiger partial charge in [0.1, 0.15) is 10.9 Å². The molecule has 0 unspecified atom stereocenters. The molecule has 1 N–H and O–H groups in total. The Balaban J connectivity index is 2.10. The molecule has 2 aromatic heterocycles. The van der Waals surface area contributed by atoms with Crippen LogP contribution >= 0.6 is 11.3 Å². The molecule has 0 fully saturated rings. The van der Waals surface area contributed by atoms with Crippen molar-refractivity contribution in [2.24, 2.45) is 0 Å². The third-order valence-electron chi connectivity index (χ3n) is 3.80. The fraction of sp³-hybridized carbons (Fsp3) is 0. The summed E-state index contributed by atoms with van der Waals surface area (Å²) in [6.45, 7) is 0. The first kappa shape index (κ1) is 12.9. The number of nitrogens with one attached hydrogen (secondary N) is 1. The molecule has 2 nitrogen and oxygen atoms in total. The van der Waals surface area contributed by atoms with Crippen molar-refractivity contribution in [2.75, 3.05) is 0 Å². The largest absolute Gasteiger partial charge is 0.354 e. The fourth-order valence-electron chi connectivity index (χ4n) is 2.84. The summed E-state index contributed by atoms with van der Waals surface area (Å²) in [5.41, 5.74) is 5.40. The molecule has 104 valence electrons. The summed E-state index contributed by atoms with van der Waals surface area (Å²) in [5.74, 6) is 0. The van der Waals surface area contributed by atoms with Gasteiger partial charge in [0.25, 0.3) is 0 Å². The summed E-state index contributed by atoms with van der Waals surface area (Å²) in [4.78, 5) is 4.27. The van der Waals surface area contributed by atoms with E-state index in [-0.39, 0.29) is 0 Å². The Hall–Kier alpha value is -2.83. The van der Waals surface area contributed by atoms with E-state index in [0.717, 1.165) is 38.2 Å². The second kappa shape index (κ2) is 5.18. The number of aromatic amines is 1. The van der Waals surface area contributed by atoms with Gasteiger partial charge >= 0.3 is 0 Å². The van der Waals surface area contributed by atoms with Crippen molar-refractivity contribution in [1.29, 1.82) is 5.26 Å². The highest BCUT2D eigenvalue weighted by molar-refractivity contribution is 7.11. The van der Waals surface area contributed by atoms with Gasteiger partial charge in [0.15, 0.2) is 0 Å². The van der Waals surface area contributed by atoms with Crippen LogP contribution in [0.15, 0.2) is 66.0 Å². The Bertz CT molecular complexity index is 987. The normalized spacial score (nSPS) is 10.7. The third kappa shape index (κ3) is 1.93. The summed E-state index contributed by atoms with van der Waals surface area (Å²) < 4.78 is 0. The van der Waals surface area contributed by atoms with E-state index < -0.39 is 0 Å².